The summed E-state index contributed by atoms with van der Waals surface area (Å²) < 4.78 is 5.13. The molecule has 0 aromatic heterocycles. The number of rotatable bonds is 9. The molecule has 1 aliphatic rings. The van der Waals surface area contributed by atoms with Gasteiger partial charge < -0.3 is 4.74 Å². The molecule has 0 N–H and O–H groups in total. The molecule has 25 heavy (non-hydrogen) atoms. The third-order valence-electron chi connectivity index (χ3n) is 4.59. The molecule has 4 nitrogen and oxygen atoms in total. The number of carbonyl (C=O) groups is 2. The van der Waals surface area contributed by atoms with Gasteiger partial charge in [-0.05, 0) is 31.7 Å². The highest BCUT2D eigenvalue weighted by Gasteiger charge is 2.38. The molecule has 2 rings (SSSR count). The lowest BCUT2D eigenvalue weighted by Gasteiger charge is -2.20. The number of hydrogen-bond donors (Lipinski definition) is 0. The Kier molecular flexibility index (Phi) is 7.71. The summed E-state index contributed by atoms with van der Waals surface area (Å²) in [6.07, 6.45) is 8.96. The molecule has 2 amide bonds. The first-order valence-corrected chi connectivity index (χ1v) is 9.34. The summed E-state index contributed by atoms with van der Waals surface area (Å²) in [7, 11) is 0. The van der Waals surface area contributed by atoms with Gasteiger partial charge in [-0.15, -0.1) is 0 Å². The Morgan fingerprint density at radius 2 is 1.92 bits per heavy atom. The Balaban J connectivity index is 1.91. The monoisotopic (exact) mass is 343 g/mol. The number of allylic oxidation sites excluding steroid dienone is 1. The fourth-order valence-corrected chi connectivity index (χ4v) is 3.09. The Morgan fingerprint density at radius 3 is 2.64 bits per heavy atom. The van der Waals surface area contributed by atoms with Crippen LogP contribution in [0.3, 0.4) is 0 Å². The average molecular weight is 343 g/mol. The van der Waals surface area contributed by atoms with Gasteiger partial charge in [-0.2, -0.15) is 0 Å². The molecular weight excluding hydrogens is 314 g/mol. The van der Waals surface area contributed by atoms with Crippen LogP contribution in [0.25, 0.3) is 0 Å². The van der Waals surface area contributed by atoms with Crippen molar-refractivity contribution in [1.82, 2.24) is 4.90 Å². The van der Waals surface area contributed by atoms with Crippen LogP contribution in [0.2, 0.25) is 0 Å². The van der Waals surface area contributed by atoms with Crippen molar-refractivity contribution in [3.05, 3.63) is 47.5 Å². The highest BCUT2D eigenvalue weighted by Crippen LogP contribution is 2.20. The summed E-state index contributed by atoms with van der Waals surface area (Å²) in [5, 5.41) is 0. The first kappa shape index (κ1) is 19.2. The van der Waals surface area contributed by atoms with Crippen LogP contribution in [-0.2, 0) is 16.0 Å². The molecule has 0 saturated carbocycles. The van der Waals surface area contributed by atoms with E-state index in [9.17, 15) is 9.59 Å². The van der Waals surface area contributed by atoms with E-state index in [1.165, 1.54) is 30.6 Å². The van der Waals surface area contributed by atoms with Gasteiger partial charge in [-0.25, -0.2) is 9.69 Å². The molecule has 1 aromatic rings. The summed E-state index contributed by atoms with van der Waals surface area (Å²) in [5.74, 6) is -0.225. The number of unbranched alkanes of at least 4 members (excludes halogenated alkanes) is 5. The number of hydrogen-bond acceptors (Lipinski definition) is 3. The smallest absolute Gasteiger partial charge is 0.417 e. The van der Waals surface area contributed by atoms with Gasteiger partial charge in [-0.1, -0.05) is 69.0 Å². The predicted octanol–water partition coefficient (Wildman–Crippen LogP) is 4.88. The average Bonchev–Trinajstić information content (AvgIpc) is 2.98. The minimum atomic E-state index is -0.526. The van der Waals surface area contributed by atoms with Crippen molar-refractivity contribution in [2.75, 3.05) is 6.61 Å². The zero-order chi connectivity index (χ0) is 18.1. The Morgan fingerprint density at radius 1 is 1.20 bits per heavy atom. The van der Waals surface area contributed by atoms with Gasteiger partial charge >= 0.3 is 6.09 Å². The molecule has 0 unspecified atom stereocenters. The molecule has 4 heteroatoms. The number of benzene rings is 1. The van der Waals surface area contributed by atoms with Gasteiger partial charge in [0.25, 0.3) is 5.91 Å². The first-order chi connectivity index (χ1) is 12.1. The zero-order valence-corrected chi connectivity index (χ0v) is 15.4. The van der Waals surface area contributed by atoms with E-state index in [1.807, 2.05) is 36.4 Å². The Labute approximate surface area is 150 Å². The van der Waals surface area contributed by atoms with Crippen LogP contribution in [0, 0.1) is 0 Å². The Bertz CT molecular complexity index is 594. The molecular formula is C21H29NO3. The summed E-state index contributed by atoms with van der Waals surface area (Å²) in [5.41, 5.74) is 1.73. The van der Waals surface area contributed by atoms with Crippen LogP contribution in [0.4, 0.5) is 4.79 Å². The second-order valence-electron chi connectivity index (χ2n) is 6.69. The SMILES string of the molecule is CCCCCCCC=C(C)C(=O)N1C(=O)OC[C@@H]1Cc1ccccc1. The first-order valence-electron chi connectivity index (χ1n) is 9.34. The van der Waals surface area contributed by atoms with Crippen LogP contribution in [0.1, 0.15) is 57.9 Å². The van der Waals surface area contributed by atoms with Crippen LogP contribution in [-0.4, -0.2) is 29.5 Å². The summed E-state index contributed by atoms with van der Waals surface area (Å²) in [4.78, 5) is 26.0. The van der Waals surface area contributed by atoms with Crippen molar-refractivity contribution in [2.24, 2.45) is 0 Å². The van der Waals surface area contributed by atoms with Gasteiger partial charge in [0.15, 0.2) is 0 Å². The van der Waals surface area contributed by atoms with Crippen molar-refractivity contribution in [3.8, 4) is 0 Å². The topological polar surface area (TPSA) is 46.6 Å². The molecule has 1 heterocycles. The number of carbonyl (C=O) groups excluding carboxylic acids is 2. The van der Waals surface area contributed by atoms with Gasteiger partial charge in [0.05, 0.1) is 6.04 Å². The van der Waals surface area contributed by atoms with Gasteiger partial charge in [0, 0.05) is 5.57 Å². The largest absolute Gasteiger partial charge is 0.447 e. The van der Waals surface area contributed by atoms with E-state index < -0.39 is 6.09 Å². The van der Waals surface area contributed by atoms with Gasteiger partial charge in [-0.3, -0.25) is 4.79 Å². The standard InChI is InChI=1S/C21H29NO3/c1-3-4-5-6-7-9-12-17(2)20(23)22-19(16-25-21(22)24)15-18-13-10-8-11-14-18/h8,10-14,19H,3-7,9,15-16H2,1-2H3/t19-/m0/s1. The number of nitrogens with zero attached hydrogens (tertiary/aromatic N) is 1. The summed E-state index contributed by atoms with van der Waals surface area (Å²) in [6.45, 7) is 4.26. The van der Waals surface area contributed by atoms with Crippen molar-refractivity contribution >= 4 is 12.0 Å². The molecule has 0 radical (unpaired) electrons. The van der Waals surface area contributed by atoms with E-state index in [-0.39, 0.29) is 18.6 Å². The molecule has 1 aliphatic heterocycles. The highest BCUT2D eigenvalue weighted by atomic mass is 16.6. The van der Waals surface area contributed by atoms with Crippen LogP contribution in [0.15, 0.2) is 42.0 Å². The van der Waals surface area contributed by atoms with Crippen LogP contribution in [0.5, 0.6) is 0 Å². The van der Waals surface area contributed by atoms with E-state index in [2.05, 4.69) is 6.92 Å². The fraction of sp³-hybridized carbons (Fsp3) is 0.524. The molecule has 1 atom stereocenters. The lowest BCUT2D eigenvalue weighted by molar-refractivity contribution is -0.125. The lowest BCUT2D eigenvalue weighted by atomic mass is 10.0. The van der Waals surface area contributed by atoms with Gasteiger partial charge in [0.2, 0.25) is 0 Å². The predicted molar refractivity (Wildman–Crippen MR) is 99.3 cm³/mol. The summed E-state index contributed by atoms with van der Waals surface area (Å²) >= 11 is 0. The minimum absolute atomic E-state index is 0.225. The highest BCUT2D eigenvalue weighted by molar-refractivity contribution is 6.03. The van der Waals surface area contributed by atoms with E-state index in [4.69, 9.17) is 4.74 Å². The minimum Gasteiger partial charge on any atom is -0.447 e. The number of cyclic esters (lactones) is 1. The van der Waals surface area contributed by atoms with Gasteiger partial charge in [0.1, 0.15) is 6.61 Å². The lowest BCUT2D eigenvalue weighted by Crippen LogP contribution is -2.40. The van der Waals surface area contributed by atoms with E-state index in [1.54, 1.807) is 6.92 Å². The fourth-order valence-electron chi connectivity index (χ4n) is 3.09. The van der Waals surface area contributed by atoms with E-state index in [0.717, 1.165) is 18.4 Å². The molecule has 0 spiro atoms. The van der Waals surface area contributed by atoms with E-state index in [0.29, 0.717) is 12.0 Å². The number of amides is 2. The Hall–Kier alpha value is -2.10. The zero-order valence-electron chi connectivity index (χ0n) is 15.4. The molecule has 0 bridgehead atoms. The van der Waals surface area contributed by atoms with Crippen LogP contribution >= 0.6 is 0 Å². The normalized spacial score (nSPS) is 17.7. The van der Waals surface area contributed by atoms with Crippen LogP contribution < -0.4 is 0 Å². The van der Waals surface area contributed by atoms with Crippen molar-refractivity contribution in [1.29, 1.82) is 0 Å². The maximum absolute atomic E-state index is 12.7. The third kappa shape index (κ3) is 5.73. The quantitative estimate of drug-likeness (QED) is 0.474. The second-order valence-corrected chi connectivity index (χ2v) is 6.69. The maximum Gasteiger partial charge on any atom is 0.417 e. The third-order valence-corrected chi connectivity index (χ3v) is 4.59. The molecule has 1 fully saturated rings. The summed E-state index contributed by atoms with van der Waals surface area (Å²) in [6, 6.07) is 9.66. The molecule has 0 aliphatic carbocycles. The number of imide groups is 1. The second kappa shape index (κ2) is 10.0. The molecule has 1 aromatic carbocycles. The molecule has 136 valence electrons. The van der Waals surface area contributed by atoms with E-state index >= 15 is 0 Å². The van der Waals surface area contributed by atoms with Crippen molar-refractivity contribution < 1.29 is 14.3 Å². The molecule has 1 saturated heterocycles. The maximum atomic E-state index is 12.7. The number of ether oxygens (including phenoxy) is 1. The van der Waals surface area contributed by atoms with Crippen molar-refractivity contribution in [3.63, 3.8) is 0 Å². The van der Waals surface area contributed by atoms with Crippen molar-refractivity contribution in [2.45, 2.75) is 64.8 Å².